The minimum absolute atomic E-state index is 0.350. The van der Waals surface area contributed by atoms with Crippen LogP contribution in [0.25, 0.3) is 0 Å². The van der Waals surface area contributed by atoms with E-state index in [1.165, 1.54) is 0 Å². The molecule has 2 rings (SSSR count). The van der Waals surface area contributed by atoms with Crippen LogP contribution < -0.4 is 10.5 Å². The summed E-state index contributed by atoms with van der Waals surface area (Å²) in [4.78, 5) is 0. The summed E-state index contributed by atoms with van der Waals surface area (Å²) in [6, 6.07) is 9.36. The summed E-state index contributed by atoms with van der Waals surface area (Å²) < 4.78 is 11.0. The summed E-state index contributed by atoms with van der Waals surface area (Å²) in [5.74, 6) is 2.14. The van der Waals surface area contributed by atoms with Gasteiger partial charge in [-0.1, -0.05) is 17.7 Å². The van der Waals surface area contributed by atoms with Crippen LogP contribution in [0.3, 0.4) is 0 Å². The lowest BCUT2D eigenvalue weighted by atomic mass is 10.2. The molecule has 0 unspecified atom stereocenters. The SMILES string of the molecule is Cc1ccc(OCc2ccc(CN)o2)c(Cl)c1. The van der Waals surface area contributed by atoms with Gasteiger partial charge in [-0.2, -0.15) is 0 Å². The van der Waals surface area contributed by atoms with Crippen molar-refractivity contribution in [3.8, 4) is 5.75 Å². The van der Waals surface area contributed by atoms with Crippen molar-refractivity contribution in [1.29, 1.82) is 0 Å². The van der Waals surface area contributed by atoms with Crippen LogP contribution in [0.2, 0.25) is 5.02 Å². The molecule has 0 fully saturated rings. The van der Waals surface area contributed by atoms with Gasteiger partial charge in [0.1, 0.15) is 23.9 Å². The third kappa shape index (κ3) is 3.02. The molecule has 0 atom stereocenters. The predicted molar refractivity (Wildman–Crippen MR) is 67.1 cm³/mol. The Morgan fingerprint density at radius 1 is 1.24 bits per heavy atom. The summed E-state index contributed by atoms with van der Waals surface area (Å²) >= 11 is 6.05. The average Bonchev–Trinajstić information content (AvgIpc) is 2.76. The van der Waals surface area contributed by atoms with Crippen molar-refractivity contribution < 1.29 is 9.15 Å². The van der Waals surface area contributed by atoms with Crippen LogP contribution in [0.4, 0.5) is 0 Å². The molecule has 2 aromatic rings. The van der Waals surface area contributed by atoms with E-state index in [0.717, 1.165) is 17.1 Å². The van der Waals surface area contributed by atoms with Gasteiger partial charge in [-0.05, 0) is 36.8 Å². The third-order valence-electron chi connectivity index (χ3n) is 2.38. The standard InChI is InChI=1S/C13H14ClNO2/c1-9-2-5-13(12(14)6-9)16-8-11-4-3-10(7-15)17-11/h2-6H,7-8,15H2,1H3. The van der Waals surface area contributed by atoms with Gasteiger partial charge in [-0.25, -0.2) is 0 Å². The van der Waals surface area contributed by atoms with Crippen molar-refractivity contribution in [3.63, 3.8) is 0 Å². The van der Waals surface area contributed by atoms with Crippen molar-refractivity contribution in [2.45, 2.75) is 20.1 Å². The summed E-state index contributed by atoms with van der Waals surface area (Å²) in [5, 5.41) is 0.607. The first-order chi connectivity index (χ1) is 8.19. The lowest BCUT2D eigenvalue weighted by molar-refractivity contribution is 0.266. The molecule has 0 spiro atoms. The molecular formula is C13H14ClNO2. The highest BCUT2D eigenvalue weighted by atomic mass is 35.5. The molecule has 17 heavy (non-hydrogen) atoms. The van der Waals surface area contributed by atoms with Gasteiger partial charge in [0.05, 0.1) is 11.6 Å². The zero-order valence-corrected chi connectivity index (χ0v) is 10.3. The van der Waals surface area contributed by atoms with Gasteiger partial charge in [0.15, 0.2) is 0 Å². The Labute approximate surface area is 105 Å². The average molecular weight is 252 g/mol. The van der Waals surface area contributed by atoms with E-state index in [2.05, 4.69) is 0 Å². The first kappa shape index (κ1) is 12.0. The fraction of sp³-hybridized carbons (Fsp3) is 0.231. The quantitative estimate of drug-likeness (QED) is 0.907. The lowest BCUT2D eigenvalue weighted by Crippen LogP contribution is -1.95. The third-order valence-corrected chi connectivity index (χ3v) is 2.67. The summed E-state index contributed by atoms with van der Waals surface area (Å²) in [7, 11) is 0. The first-order valence-corrected chi connectivity index (χ1v) is 5.73. The zero-order valence-electron chi connectivity index (χ0n) is 9.57. The van der Waals surface area contributed by atoms with Gasteiger partial charge < -0.3 is 14.9 Å². The van der Waals surface area contributed by atoms with E-state index in [-0.39, 0.29) is 0 Å². The van der Waals surface area contributed by atoms with E-state index < -0.39 is 0 Å². The number of aryl methyl sites for hydroxylation is 1. The summed E-state index contributed by atoms with van der Waals surface area (Å²) in [5.41, 5.74) is 6.56. The predicted octanol–water partition coefficient (Wildman–Crippen LogP) is 3.28. The van der Waals surface area contributed by atoms with E-state index in [1.807, 2.05) is 37.3 Å². The fourth-order valence-corrected chi connectivity index (χ4v) is 1.77. The molecule has 0 saturated carbocycles. The van der Waals surface area contributed by atoms with E-state index in [9.17, 15) is 0 Å². The van der Waals surface area contributed by atoms with Crippen LogP contribution in [0, 0.1) is 6.92 Å². The lowest BCUT2D eigenvalue weighted by Gasteiger charge is -2.06. The van der Waals surface area contributed by atoms with Crippen molar-refractivity contribution in [1.82, 2.24) is 0 Å². The monoisotopic (exact) mass is 251 g/mol. The molecule has 0 bridgehead atoms. The molecule has 0 amide bonds. The number of hydrogen-bond acceptors (Lipinski definition) is 3. The van der Waals surface area contributed by atoms with Crippen LogP contribution in [-0.4, -0.2) is 0 Å². The van der Waals surface area contributed by atoms with Crippen LogP contribution >= 0.6 is 11.6 Å². The molecule has 0 aliphatic carbocycles. The number of hydrogen-bond donors (Lipinski definition) is 1. The molecular weight excluding hydrogens is 238 g/mol. The second-order valence-corrected chi connectivity index (χ2v) is 4.20. The smallest absolute Gasteiger partial charge is 0.146 e. The molecule has 4 heteroatoms. The minimum Gasteiger partial charge on any atom is -0.484 e. The Balaban J connectivity index is 2.02. The Hall–Kier alpha value is -1.45. The first-order valence-electron chi connectivity index (χ1n) is 5.35. The Morgan fingerprint density at radius 3 is 2.65 bits per heavy atom. The highest BCUT2D eigenvalue weighted by Crippen LogP contribution is 2.26. The summed E-state index contributed by atoms with van der Waals surface area (Å²) in [6.07, 6.45) is 0. The fourth-order valence-electron chi connectivity index (χ4n) is 1.48. The number of benzene rings is 1. The van der Waals surface area contributed by atoms with Crippen LogP contribution in [0.15, 0.2) is 34.7 Å². The molecule has 0 aliphatic heterocycles. The zero-order chi connectivity index (χ0) is 12.3. The molecule has 0 aliphatic rings. The van der Waals surface area contributed by atoms with E-state index >= 15 is 0 Å². The highest BCUT2D eigenvalue weighted by molar-refractivity contribution is 6.32. The van der Waals surface area contributed by atoms with Gasteiger partial charge in [-0.15, -0.1) is 0 Å². The molecule has 1 aromatic heterocycles. The molecule has 0 radical (unpaired) electrons. The topological polar surface area (TPSA) is 48.4 Å². The number of ether oxygens (including phenoxy) is 1. The van der Waals surface area contributed by atoms with Crippen LogP contribution in [0.1, 0.15) is 17.1 Å². The molecule has 1 aromatic carbocycles. The van der Waals surface area contributed by atoms with Gasteiger partial charge in [-0.3, -0.25) is 0 Å². The van der Waals surface area contributed by atoms with Gasteiger partial charge >= 0.3 is 0 Å². The van der Waals surface area contributed by atoms with Crippen molar-refractivity contribution in [2.24, 2.45) is 5.73 Å². The number of halogens is 1. The van der Waals surface area contributed by atoms with E-state index in [0.29, 0.717) is 23.9 Å². The van der Waals surface area contributed by atoms with E-state index in [1.54, 1.807) is 0 Å². The maximum absolute atomic E-state index is 6.05. The Morgan fingerprint density at radius 2 is 2.00 bits per heavy atom. The molecule has 3 nitrogen and oxygen atoms in total. The largest absolute Gasteiger partial charge is 0.484 e. The van der Waals surface area contributed by atoms with E-state index in [4.69, 9.17) is 26.5 Å². The molecule has 2 N–H and O–H groups in total. The highest BCUT2D eigenvalue weighted by Gasteiger charge is 2.04. The second-order valence-electron chi connectivity index (χ2n) is 3.79. The maximum atomic E-state index is 6.05. The molecule has 1 heterocycles. The minimum atomic E-state index is 0.350. The van der Waals surface area contributed by atoms with Crippen LogP contribution in [0.5, 0.6) is 5.75 Å². The van der Waals surface area contributed by atoms with Gasteiger partial charge in [0.2, 0.25) is 0 Å². The van der Waals surface area contributed by atoms with Crippen molar-refractivity contribution >= 4 is 11.6 Å². The van der Waals surface area contributed by atoms with Gasteiger partial charge in [0.25, 0.3) is 0 Å². The number of nitrogens with two attached hydrogens (primary N) is 1. The van der Waals surface area contributed by atoms with Crippen LogP contribution in [-0.2, 0) is 13.2 Å². The second kappa shape index (κ2) is 5.25. The molecule has 90 valence electrons. The molecule has 0 saturated heterocycles. The Kier molecular flexibility index (Phi) is 3.71. The summed E-state index contributed by atoms with van der Waals surface area (Å²) in [6.45, 7) is 2.73. The normalized spacial score (nSPS) is 10.5. The Bertz CT molecular complexity index is 508. The van der Waals surface area contributed by atoms with Gasteiger partial charge in [0, 0.05) is 0 Å². The maximum Gasteiger partial charge on any atom is 0.146 e. The number of rotatable bonds is 4. The van der Waals surface area contributed by atoms with Crippen molar-refractivity contribution in [2.75, 3.05) is 0 Å². The number of furan rings is 1. The van der Waals surface area contributed by atoms with Crippen molar-refractivity contribution in [3.05, 3.63) is 52.4 Å².